The first-order valence-electron chi connectivity index (χ1n) is 7.95. The van der Waals surface area contributed by atoms with Gasteiger partial charge in [-0.3, -0.25) is 4.79 Å². The van der Waals surface area contributed by atoms with Crippen molar-refractivity contribution in [2.45, 2.75) is 26.7 Å². The molecule has 0 aliphatic carbocycles. The van der Waals surface area contributed by atoms with Crippen LogP contribution in [0.5, 0.6) is 5.75 Å². The number of hydrogen-bond donors (Lipinski definition) is 1. The van der Waals surface area contributed by atoms with Gasteiger partial charge in [0.15, 0.2) is 0 Å². The van der Waals surface area contributed by atoms with Crippen LogP contribution < -0.4 is 5.56 Å². The highest BCUT2D eigenvalue weighted by Crippen LogP contribution is 2.19. The van der Waals surface area contributed by atoms with Crippen molar-refractivity contribution in [2.75, 3.05) is 0 Å². The Kier molecular flexibility index (Phi) is 4.42. The van der Waals surface area contributed by atoms with E-state index in [1.54, 1.807) is 12.1 Å². The molecule has 3 rings (SSSR count). The second-order valence-electron chi connectivity index (χ2n) is 5.67. The van der Waals surface area contributed by atoms with Gasteiger partial charge in [-0.25, -0.2) is 4.98 Å². The number of fused-ring (bicyclic) bond motifs is 1. The lowest BCUT2D eigenvalue weighted by Crippen LogP contribution is -2.22. The second-order valence-corrected chi connectivity index (χ2v) is 5.67. The van der Waals surface area contributed by atoms with E-state index in [1.807, 2.05) is 44.2 Å². The second kappa shape index (κ2) is 6.66. The van der Waals surface area contributed by atoms with Crippen LogP contribution in [0.1, 0.15) is 30.3 Å². The van der Waals surface area contributed by atoms with Crippen molar-refractivity contribution in [3.8, 4) is 5.75 Å². The maximum atomic E-state index is 12.7. The van der Waals surface area contributed by atoms with Gasteiger partial charge < -0.3 is 5.11 Å². The van der Waals surface area contributed by atoms with Crippen LogP contribution in [0.15, 0.2) is 52.4 Å². The molecule has 0 amide bonds. The topological polar surface area (TPSA) is 67.5 Å². The average Bonchev–Trinajstić information content (AvgIpc) is 2.58. The summed E-state index contributed by atoms with van der Waals surface area (Å²) in [5, 5.41) is 14.9. The number of rotatable bonds is 4. The summed E-state index contributed by atoms with van der Waals surface area (Å²) in [7, 11) is 0. The number of phenolic OH excluding ortho intramolecular Hbond substituents is 1. The third-order valence-corrected chi connectivity index (χ3v) is 3.88. The van der Waals surface area contributed by atoms with E-state index in [4.69, 9.17) is 0 Å². The van der Waals surface area contributed by atoms with Crippen molar-refractivity contribution < 1.29 is 5.11 Å². The molecule has 0 atom stereocenters. The Morgan fingerprint density at radius 2 is 2.00 bits per heavy atom. The van der Waals surface area contributed by atoms with E-state index in [0.29, 0.717) is 28.7 Å². The molecule has 1 N–H and O–H groups in total. The van der Waals surface area contributed by atoms with Crippen molar-refractivity contribution in [2.24, 2.45) is 5.10 Å². The SMILES string of the molecule is CCCc1nc2ccccc2c(=O)n1/N=C\c1cccc(C)c1O. The van der Waals surface area contributed by atoms with Crippen LogP contribution in [0.2, 0.25) is 0 Å². The molecule has 3 aromatic rings. The Bertz CT molecular complexity index is 974. The number of aryl methyl sites for hydroxylation is 2. The fourth-order valence-corrected chi connectivity index (χ4v) is 2.58. The Morgan fingerprint density at radius 3 is 2.79 bits per heavy atom. The van der Waals surface area contributed by atoms with Gasteiger partial charge in [0.2, 0.25) is 0 Å². The Hall–Kier alpha value is -2.95. The lowest BCUT2D eigenvalue weighted by Gasteiger charge is -2.08. The summed E-state index contributed by atoms with van der Waals surface area (Å²) in [6.45, 7) is 3.85. The van der Waals surface area contributed by atoms with Gasteiger partial charge in [-0.2, -0.15) is 9.78 Å². The first-order chi connectivity index (χ1) is 11.6. The fraction of sp³-hybridized carbons (Fsp3) is 0.211. The van der Waals surface area contributed by atoms with Crippen LogP contribution >= 0.6 is 0 Å². The summed E-state index contributed by atoms with van der Waals surface area (Å²) in [6, 6.07) is 12.7. The summed E-state index contributed by atoms with van der Waals surface area (Å²) in [6.07, 6.45) is 3.01. The molecule has 0 aliphatic rings. The van der Waals surface area contributed by atoms with Crippen molar-refractivity contribution >= 4 is 17.1 Å². The largest absolute Gasteiger partial charge is 0.507 e. The van der Waals surface area contributed by atoms with Crippen molar-refractivity contribution in [3.05, 3.63) is 69.8 Å². The van der Waals surface area contributed by atoms with E-state index >= 15 is 0 Å². The summed E-state index contributed by atoms with van der Waals surface area (Å²) in [5.74, 6) is 0.782. The number of nitrogens with zero attached hydrogens (tertiary/aromatic N) is 3. The van der Waals surface area contributed by atoms with Crippen LogP contribution in [0.3, 0.4) is 0 Å². The number of phenols is 1. The molecule has 0 saturated carbocycles. The molecule has 2 aromatic carbocycles. The molecule has 5 heteroatoms. The Labute approximate surface area is 139 Å². The summed E-state index contributed by atoms with van der Waals surface area (Å²) < 4.78 is 1.33. The van der Waals surface area contributed by atoms with Crippen LogP contribution in [0.4, 0.5) is 0 Å². The molecular weight excluding hydrogens is 302 g/mol. The molecule has 0 saturated heterocycles. The predicted molar refractivity (Wildman–Crippen MR) is 95.8 cm³/mol. The molecule has 1 heterocycles. The molecule has 122 valence electrons. The molecule has 0 spiro atoms. The van der Waals surface area contributed by atoms with Gasteiger partial charge in [-0.05, 0) is 37.1 Å². The average molecular weight is 321 g/mol. The number of aromatic nitrogens is 2. The van der Waals surface area contributed by atoms with Crippen molar-refractivity contribution in [3.63, 3.8) is 0 Å². The van der Waals surface area contributed by atoms with Gasteiger partial charge in [0.1, 0.15) is 11.6 Å². The summed E-state index contributed by atoms with van der Waals surface area (Å²) >= 11 is 0. The molecule has 0 fully saturated rings. The zero-order valence-electron chi connectivity index (χ0n) is 13.7. The van der Waals surface area contributed by atoms with Gasteiger partial charge >= 0.3 is 0 Å². The smallest absolute Gasteiger partial charge is 0.282 e. The van der Waals surface area contributed by atoms with Crippen LogP contribution in [0, 0.1) is 6.92 Å². The molecule has 0 unspecified atom stereocenters. The molecule has 0 bridgehead atoms. The van der Waals surface area contributed by atoms with Gasteiger partial charge in [-0.15, -0.1) is 0 Å². The normalized spacial score (nSPS) is 11.4. The number of para-hydroxylation sites is 2. The molecule has 0 radical (unpaired) electrons. The maximum Gasteiger partial charge on any atom is 0.282 e. The minimum absolute atomic E-state index is 0.167. The summed E-state index contributed by atoms with van der Waals surface area (Å²) in [5.41, 5.74) is 1.80. The maximum absolute atomic E-state index is 12.7. The first kappa shape index (κ1) is 15.9. The molecular formula is C19H19N3O2. The zero-order chi connectivity index (χ0) is 17.1. The number of benzene rings is 2. The van der Waals surface area contributed by atoms with Crippen LogP contribution in [0.25, 0.3) is 10.9 Å². The standard InChI is InChI=1S/C19H19N3O2/c1-3-7-17-21-16-11-5-4-10-15(16)19(24)22(17)20-12-14-9-6-8-13(2)18(14)23/h4-6,8-12,23H,3,7H2,1-2H3/b20-12-. The number of aromatic hydroxyl groups is 1. The highest BCUT2D eigenvalue weighted by molar-refractivity contribution is 5.84. The van der Waals surface area contributed by atoms with E-state index in [1.165, 1.54) is 10.9 Å². The van der Waals surface area contributed by atoms with Gasteiger partial charge in [0.05, 0.1) is 17.1 Å². The Balaban J connectivity index is 2.15. The number of hydrogen-bond acceptors (Lipinski definition) is 4. The third-order valence-electron chi connectivity index (χ3n) is 3.88. The van der Waals surface area contributed by atoms with E-state index in [-0.39, 0.29) is 11.3 Å². The van der Waals surface area contributed by atoms with E-state index in [2.05, 4.69) is 10.1 Å². The fourth-order valence-electron chi connectivity index (χ4n) is 2.58. The van der Waals surface area contributed by atoms with Gasteiger partial charge in [0.25, 0.3) is 5.56 Å². The van der Waals surface area contributed by atoms with Crippen molar-refractivity contribution in [1.29, 1.82) is 0 Å². The highest BCUT2D eigenvalue weighted by Gasteiger charge is 2.09. The molecule has 5 nitrogen and oxygen atoms in total. The van der Waals surface area contributed by atoms with Crippen LogP contribution in [-0.4, -0.2) is 21.0 Å². The van der Waals surface area contributed by atoms with Gasteiger partial charge in [0, 0.05) is 12.0 Å². The van der Waals surface area contributed by atoms with Crippen LogP contribution in [-0.2, 0) is 6.42 Å². The van der Waals surface area contributed by atoms with E-state index < -0.39 is 0 Å². The minimum atomic E-state index is -0.201. The first-order valence-corrected chi connectivity index (χ1v) is 7.95. The van der Waals surface area contributed by atoms with E-state index in [9.17, 15) is 9.90 Å². The zero-order valence-corrected chi connectivity index (χ0v) is 13.7. The molecule has 1 aromatic heterocycles. The molecule has 24 heavy (non-hydrogen) atoms. The predicted octanol–water partition coefficient (Wildman–Crippen LogP) is 3.25. The quantitative estimate of drug-likeness (QED) is 0.750. The third kappa shape index (κ3) is 2.93. The van der Waals surface area contributed by atoms with Gasteiger partial charge in [-0.1, -0.05) is 31.2 Å². The van der Waals surface area contributed by atoms with Crippen molar-refractivity contribution in [1.82, 2.24) is 9.66 Å². The van der Waals surface area contributed by atoms with E-state index in [0.717, 1.165) is 12.0 Å². The Morgan fingerprint density at radius 1 is 1.21 bits per heavy atom. The summed E-state index contributed by atoms with van der Waals surface area (Å²) in [4.78, 5) is 17.3. The lowest BCUT2D eigenvalue weighted by atomic mass is 10.1. The molecule has 0 aliphatic heterocycles. The minimum Gasteiger partial charge on any atom is -0.507 e. The highest BCUT2D eigenvalue weighted by atomic mass is 16.3. The monoisotopic (exact) mass is 321 g/mol. The lowest BCUT2D eigenvalue weighted by molar-refractivity contribution is 0.470.